The van der Waals surface area contributed by atoms with Crippen LogP contribution in [0.2, 0.25) is 0 Å². The van der Waals surface area contributed by atoms with Crippen molar-refractivity contribution in [3.63, 3.8) is 0 Å². The summed E-state index contributed by atoms with van der Waals surface area (Å²) in [6.45, 7) is 0. The van der Waals surface area contributed by atoms with Crippen LogP contribution < -0.4 is 0 Å². The summed E-state index contributed by atoms with van der Waals surface area (Å²) in [5.74, 6) is -0.870. The van der Waals surface area contributed by atoms with Crippen LogP contribution in [0.25, 0.3) is 0 Å². The number of carbonyl (C=O) groups excluding carboxylic acids is 2. The minimum Gasteiger partial charge on any atom is -0.481 e. The number of rotatable bonds is 9. The van der Waals surface area contributed by atoms with Crippen LogP contribution in [0.4, 0.5) is 0 Å². The van der Waals surface area contributed by atoms with Gasteiger partial charge in [0.05, 0.1) is 0 Å². The van der Waals surface area contributed by atoms with Gasteiger partial charge in [-0.3, -0.25) is 14.4 Å². The highest BCUT2D eigenvalue weighted by atomic mass is 16.4. The Morgan fingerprint density at radius 1 is 1.06 bits per heavy atom. The lowest BCUT2D eigenvalue weighted by Gasteiger charge is -1.91. The molecule has 0 radical (unpaired) electrons. The lowest BCUT2D eigenvalue weighted by Crippen LogP contribution is -1.92. The van der Waals surface area contributed by atoms with Gasteiger partial charge in [0.15, 0.2) is 5.78 Å². The number of allylic oxidation sites excluding steroid dienone is 4. The van der Waals surface area contributed by atoms with E-state index in [1.165, 1.54) is 12.2 Å². The highest BCUT2D eigenvalue weighted by Crippen LogP contribution is 1.99. The van der Waals surface area contributed by atoms with Crippen LogP contribution in [0.3, 0.4) is 0 Å². The highest BCUT2D eigenvalue weighted by molar-refractivity contribution is 5.92. The number of aldehydes is 1. The molecule has 0 unspecified atom stereocenters. The maximum absolute atomic E-state index is 11.0. The molecule has 0 aliphatic carbocycles. The van der Waals surface area contributed by atoms with E-state index < -0.39 is 5.97 Å². The lowest BCUT2D eigenvalue weighted by atomic mass is 10.1. The molecule has 0 spiro atoms. The molecule has 0 rings (SSSR count). The minimum atomic E-state index is -0.789. The van der Waals surface area contributed by atoms with Crippen LogP contribution in [-0.4, -0.2) is 23.1 Å². The summed E-state index contributed by atoms with van der Waals surface area (Å²) in [4.78, 5) is 31.1. The summed E-state index contributed by atoms with van der Waals surface area (Å²) in [6, 6.07) is 0. The van der Waals surface area contributed by atoms with Gasteiger partial charge in [0.1, 0.15) is 6.29 Å². The number of aliphatic carboxylic acids is 1. The third-order valence-corrected chi connectivity index (χ3v) is 1.85. The van der Waals surface area contributed by atoms with Crippen molar-refractivity contribution in [1.29, 1.82) is 0 Å². The minimum absolute atomic E-state index is 0.0812. The molecule has 16 heavy (non-hydrogen) atoms. The van der Waals surface area contributed by atoms with Crippen LogP contribution >= 0.6 is 0 Å². The quantitative estimate of drug-likeness (QED) is 0.281. The molecule has 0 heterocycles. The summed E-state index contributed by atoms with van der Waals surface area (Å²) in [7, 11) is 0. The van der Waals surface area contributed by atoms with Crippen LogP contribution in [0, 0.1) is 0 Å². The van der Waals surface area contributed by atoms with Crippen molar-refractivity contribution in [2.75, 3.05) is 0 Å². The number of carboxylic acids is 1. The van der Waals surface area contributed by atoms with Gasteiger partial charge in [-0.2, -0.15) is 0 Å². The van der Waals surface area contributed by atoms with Gasteiger partial charge in [0.2, 0.25) is 0 Å². The second-order valence-electron chi connectivity index (χ2n) is 3.26. The van der Waals surface area contributed by atoms with Crippen molar-refractivity contribution in [1.82, 2.24) is 0 Å². The molecule has 4 heteroatoms. The fourth-order valence-corrected chi connectivity index (χ4v) is 1.06. The molecule has 0 aliphatic heterocycles. The highest BCUT2D eigenvalue weighted by Gasteiger charge is 1.94. The normalized spacial score (nSPS) is 11.0. The van der Waals surface area contributed by atoms with Gasteiger partial charge in [-0.1, -0.05) is 12.2 Å². The van der Waals surface area contributed by atoms with Crippen LogP contribution in [-0.2, 0) is 14.4 Å². The zero-order chi connectivity index (χ0) is 12.2. The first-order valence-corrected chi connectivity index (χ1v) is 5.18. The molecule has 1 N–H and O–H groups in total. The predicted octanol–water partition coefficient (Wildman–Crippen LogP) is 1.90. The molecule has 4 nitrogen and oxygen atoms in total. The first kappa shape index (κ1) is 14.3. The molecule has 0 atom stereocenters. The number of ketones is 1. The van der Waals surface area contributed by atoms with Crippen LogP contribution in [0.1, 0.15) is 32.1 Å². The summed E-state index contributed by atoms with van der Waals surface area (Å²) >= 11 is 0. The number of carboxylic acid groups (broad SMARTS) is 1. The van der Waals surface area contributed by atoms with Gasteiger partial charge in [-0.15, -0.1) is 0 Å². The molecule has 0 aromatic carbocycles. The first-order chi connectivity index (χ1) is 7.66. The van der Waals surface area contributed by atoms with E-state index in [1.807, 2.05) is 12.2 Å². The maximum atomic E-state index is 11.0. The molecule has 0 saturated carbocycles. The molecule has 0 aliphatic rings. The molecule has 0 aromatic rings. The maximum Gasteiger partial charge on any atom is 0.303 e. The topological polar surface area (TPSA) is 71.4 Å². The molecular weight excluding hydrogens is 208 g/mol. The number of unbranched alkanes of at least 4 members (excludes halogenated alkanes) is 1. The van der Waals surface area contributed by atoms with E-state index in [-0.39, 0.29) is 12.2 Å². The van der Waals surface area contributed by atoms with E-state index in [9.17, 15) is 14.4 Å². The van der Waals surface area contributed by atoms with Crippen molar-refractivity contribution in [3.8, 4) is 0 Å². The Hall–Kier alpha value is -1.71. The van der Waals surface area contributed by atoms with E-state index in [0.717, 1.165) is 0 Å². The first-order valence-electron chi connectivity index (χ1n) is 5.18. The third kappa shape index (κ3) is 10.4. The SMILES string of the molecule is O=CC=CC(=O)CCC=CCCCC(=O)O. The van der Waals surface area contributed by atoms with E-state index in [0.29, 0.717) is 32.0 Å². The van der Waals surface area contributed by atoms with Crippen molar-refractivity contribution in [3.05, 3.63) is 24.3 Å². The molecule has 0 amide bonds. The second-order valence-corrected chi connectivity index (χ2v) is 3.26. The fourth-order valence-electron chi connectivity index (χ4n) is 1.06. The van der Waals surface area contributed by atoms with Gasteiger partial charge in [-0.25, -0.2) is 0 Å². The van der Waals surface area contributed by atoms with Gasteiger partial charge in [0, 0.05) is 12.8 Å². The smallest absolute Gasteiger partial charge is 0.303 e. The fraction of sp³-hybridized carbons (Fsp3) is 0.417. The number of hydrogen-bond acceptors (Lipinski definition) is 3. The van der Waals surface area contributed by atoms with E-state index in [4.69, 9.17) is 5.11 Å². The van der Waals surface area contributed by atoms with Crippen molar-refractivity contribution >= 4 is 18.0 Å². The zero-order valence-electron chi connectivity index (χ0n) is 9.09. The Balaban J connectivity index is 3.47. The zero-order valence-corrected chi connectivity index (χ0v) is 9.09. The Morgan fingerprint density at radius 2 is 1.75 bits per heavy atom. The number of carbonyl (C=O) groups is 3. The Bertz CT molecular complexity index is 289. The van der Waals surface area contributed by atoms with Crippen molar-refractivity contribution in [2.24, 2.45) is 0 Å². The Kier molecular flexibility index (Phi) is 8.78. The van der Waals surface area contributed by atoms with Crippen LogP contribution in [0.15, 0.2) is 24.3 Å². The monoisotopic (exact) mass is 224 g/mol. The molecule has 0 bridgehead atoms. The third-order valence-electron chi connectivity index (χ3n) is 1.85. The van der Waals surface area contributed by atoms with E-state index >= 15 is 0 Å². The molecule has 0 saturated heterocycles. The van der Waals surface area contributed by atoms with Gasteiger partial charge in [-0.05, 0) is 31.4 Å². The average Bonchev–Trinajstić information content (AvgIpc) is 2.24. The molecule has 88 valence electrons. The lowest BCUT2D eigenvalue weighted by molar-refractivity contribution is -0.137. The van der Waals surface area contributed by atoms with E-state index in [2.05, 4.69) is 0 Å². The van der Waals surface area contributed by atoms with Gasteiger partial charge < -0.3 is 5.11 Å². The second kappa shape index (κ2) is 9.83. The summed E-state index contributed by atoms with van der Waals surface area (Å²) in [5, 5.41) is 8.37. The van der Waals surface area contributed by atoms with Crippen LogP contribution in [0.5, 0.6) is 0 Å². The van der Waals surface area contributed by atoms with E-state index in [1.54, 1.807) is 0 Å². The summed E-state index contributed by atoms with van der Waals surface area (Å²) in [6.07, 6.45) is 9.23. The van der Waals surface area contributed by atoms with Gasteiger partial charge >= 0.3 is 5.97 Å². The molecule has 0 fully saturated rings. The Morgan fingerprint density at radius 3 is 2.38 bits per heavy atom. The predicted molar refractivity (Wildman–Crippen MR) is 60.1 cm³/mol. The molecular formula is C12H16O4. The molecule has 0 aromatic heterocycles. The largest absolute Gasteiger partial charge is 0.481 e. The van der Waals surface area contributed by atoms with Crippen molar-refractivity contribution < 1.29 is 19.5 Å². The standard InChI is InChI=1S/C12H16O4/c13-10-6-8-11(14)7-4-2-1-3-5-9-12(15)16/h1-2,6,8,10H,3-5,7,9H2,(H,15,16). The van der Waals surface area contributed by atoms with Crippen molar-refractivity contribution in [2.45, 2.75) is 32.1 Å². The average molecular weight is 224 g/mol. The number of hydrogen-bond donors (Lipinski definition) is 1. The van der Waals surface area contributed by atoms with Gasteiger partial charge in [0.25, 0.3) is 0 Å². The summed E-state index contributed by atoms with van der Waals surface area (Å²) < 4.78 is 0. The Labute approximate surface area is 94.7 Å². The summed E-state index contributed by atoms with van der Waals surface area (Å²) in [5.41, 5.74) is 0.